The normalized spacial score (nSPS) is 12.9. The first-order valence-corrected chi connectivity index (χ1v) is 7.17. The fraction of sp³-hybridized carbons (Fsp3) is 1.00. The first kappa shape index (κ1) is 17.1. The predicted octanol–water partition coefficient (Wildman–Crippen LogP) is -1.05. The predicted molar refractivity (Wildman–Crippen MR) is 56.9 cm³/mol. The lowest BCUT2D eigenvalue weighted by Crippen LogP contribution is -2.14. The summed E-state index contributed by atoms with van der Waals surface area (Å²) in [5, 5.41) is 0. The van der Waals surface area contributed by atoms with E-state index in [4.69, 9.17) is 22.9 Å². The largest absolute Gasteiger partial charge is 0.486 e. The molecular formula is C4H16N4O7P2. The molecule has 0 aromatic carbocycles. The average Bonchev–Trinajstić information content (AvgIpc) is 2.17. The van der Waals surface area contributed by atoms with Crippen LogP contribution in [0.3, 0.4) is 0 Å². The van der Waals surface area contributed by atoms with E-state index in [0.717, 1.165) is 0 Å². The third kappa shape index (κ3) is 6.55. The summed E-state index contributed by atoms with van der Waals surface area (Å²) in [6, 6.07) is 0. The quantitative estimate of drug-likeness (QED) is 0.284. The topological polar surface area (TPSA) is 184 Å². The first-order valence-electron chi connectivity index (χ1n) is 4.25. The number of hydrogen-bond donors (Lipinski definition) is 4. The van der Waals surface area contributed by atoms with Crippen molar-refractivity contribution >= 4 is 15.6 Å². The summed E-state index contributed by atoms with van der Waals surface area (Å²) in [4.78, 5) is 0. The van der Waals surface area contributed by atoms with E-state index in [1.165, 1.54) is 0 Å². The van der Waals surface area contributed by atoms with Crippen molar-refractivity contribution in [1.82, 2.24) is 0 Å². The van der Waals surface area contributed by atoms with Crippen LogP contribution in [0.4, 0.5) is 0 Å². The van der Waals surface area contributed by atoms with Crippen molar-refractivity contribution in [3.05, 3.63) is 0 Å². The summed E-state index contributed by atoms with van der Waals surface area (Å²) in [7, 11) is -8.55. The summed E-state index contributed by atoms with van der Waals surface area (Å²) in [5.74, 6) is 0. The molecule has 0 spiro atoms. The van der Waals surface area contributed by atoms with Crippen LogP contribution in [0.5, 0.6) is 0 Å². The second-order valence-electron chi connectivity index (χ2n) is 2.16. The van der Waals surface area contributed by atoms with Gasteiger partial charge < -0.3 is 22.9 Å². The van der Waals surface area contributed by atoms with Gasteiger partial charge in [0.2, 0.25) is 0 Å². The highest BCUT2D eigenvalue weighted by atomic mass is 31.3. The number of phosphoric acid groups is 2. The van der Waals surface area contributed by atoms with Crippen LogP contribution < -0.4 is 22.9 Å². The molecule has 0 saturated heterocycles. The van der Waals surface area contributed by atoms with Gasteiger partial charge in [0.15, 0.2) is 0 Å². The van der Waals surface area contributed by atoms with Gasteiger partial charge in [-0.2, -0.15) is 4.31 Å². The molecule has 8 N–H and O–H groups in total. The molecule has 0 heterocycles. The molecule has 0 atom stereocenters. The Labute approximate surface area is 97.9 Å². The van der Waals surface area contributed by atoms with E-state index in [2.05, 4.69) is 22.4 Å². The van der Waals surface area contributed by atoms with Gasteiger partial charge >= 0.3 is 15.6 Å². The van der Waals surface area contributed by atoms with Gasteiger partial charge in [0.25, 0.3) is 0 Å². The molecule has 17 heavy (non-hydrogen) atoms. The van der Waals surface area contributed by atoms with E-state index in [1.807, 2.05) is 0 Å². The second kappa shape index (κ2) is 8.25. The Morgan fingerprint density at radius 1 is 0.647 bits per heavy atom. The Hall–Kier alpha value is 0.1000. The van der Waals surface area contributed by atoms with E-state index in [9.17, 15) is 9.13 Å². The maximum Gasteiger partial charge on any atom is 0.486 e. The molecule has 13 heteroatoms. The Morgan fingerprint density at radius 3 is 1.06 bits per heavy atom. The molecule has 104 valence electrons. The molecule has 0 unspecified atom stereocenters. The van der Waals surface area contributed by atoms with Gasteiger partial charge in [-0.3, -0.25) is 18.1 Å². The van der Waals surface area contributed by atoms with Crippen LogP contribution in [-0.4, -0.2) is 26.9 Å². The Balaban J connectivity index is 4.79. The third-order valence-corrected chi connectivity index (χ3v) is 4.59. The molecule has 0 bridgehead atoms. The molecule has 0 aliphatic rings. The summed E-state index contributed by atoms with van der Waals surface area (Å²) >= 11 is 0. The standard InChI is InChI=1S/C4H16N4O7P2/c5-1-11-16(9,12-2-6)15-17(10,13-3-7)14-4-8/h1-8H2. The maximum absolute atomic E-state index is 11.7. The molecule has 11 nitrogen and oxygen atoms in total. The minimum Gasteiger partial charge on any atom is -0.308 e. The molecule has 0 saturated carbocycles. The highest BCUT2D eigenvalue weighted by molar-refractivity contribution is 7.62. The minimum atomic E-state index is -4.27. The van der Waals surface area contributed by atoms with Crippen molar-refractivity contribution in [2.45, 2.75) is 0 Å². The second-order valence-corrected chi connectivity index (χ2v) is 5.63. The van der Waals surface area contributed by atoms with Crippen LogP contribution >= 0.6 is 15.6 Å². The molecule has 0 aliphatic heterocycles. The number of phosphoric ester groups is 2. The van der Waals surface area contributed by atoms with Crippen LogP contribution in [0.2, 0.25) is 0 Å². The van der Waals surface area contributed by atoms with Gasteiger partial charge in [0.05, 0.1) is 0 Å². The first-order chi connectivity index (χ1) is 7.95. The summed E-state index contributed by atoms with van der Waals surface area (Å²) < 4.78 is 45.8. The smallest absolute Gasteiger partial charge is 0.308 e. The summed E-state index contributed by atoms with van der Waals surface area (Å²) in [6.07, 6.45) is 0. The number of nitrogens with two attached hydrogens (primary N) is 4. The van der Waals surface area contributed by atoms with Gasteiger partial charge in [-0.1, -0.05) is 0 Å². The van der Waals surface area contributed by atoms with E-state index < -0.39 is 42.6 Å². The van der Waals surface area contributed by atoms with Crippen LogP contribution in [0.15, 0.2) is 0 Å². The summed E-state index contributed by atoms with van der Waals surface area (Å²) in [6.45, 7) is -2.10. The Morgan fingerprint density at radius 2 is 0.882 bits per heavy atom. The molecule has 0 amide bonds. The highest BCUT2D eigenvalue weighted by Gasteiger charge is 2.40. The monoisotopic (exact) mass is 294 g/mol. The Kier molecular flexibility index (Phi) is 8.29. The molecule has 0 rings (SSSR count). The van der Waals surface area contributed by atoms with Crippen molar-refractivity contribution in [3.8, 4) is 0 Å². The lowest BCUT2D eigenvalue weighted by Gasteiger charge is -2.21. The van der Waals surface area contributed by atoms with E-state index >= 15 is 0 Å². The lowest BCUT2D eigenvalue weighted by molar-refractivity contribution is 0.114. The van der Waals surface area contributed by atoms with E-state index in [-0.39, 0.29) is 0 Å². The fourth-order valence-electron chi connectivity index (χ4n) is 0.656. The highest BCUT2D eigenvalue weighted by Crippen LogP contribution is 2.65. The molecular weight excluding hydrogens is 278 g/mol. The van der Waals surface area contributed by atoms with Crippen LogP contribution in [0.1, 0.15) is 0 Å². The van der Waals surface area contributed by atoms with Gasteiger partial charge in [-0.25, -0.2) is 9.13 Å². The van der Waals surface area contributed by atoms with Crippen molar-refractivity contribution < 1.29 is 31.5 Å². The summed E-state index contributed by atoms with van der Waals surface area (Å²) in [5.41, 5.74) is 20.0. The Bertz CT molecular complexity index is 254. The van der Waals surface area contributed by atoms with Gasteiger partial charge in [0.1, 0.15) is 26.9 Å². The van der Waals surface area contributed by atoms with Gasteiger partial charge in [0, 0.05) is 0 Å². The fourth-order valence-corrected chi connectivity index (χ4v) is 3.27. The zero-order chi connectivity index (χ0) is 13.4. The molecule has 0 aromatic heterocycles. The SMILES string of the molecule is NCOP(=O)(OCN)OP(=O)(OCN)OCN. The lowest BCUT2D eigenvalue weighted by atomic mass is 11.4. The number of rotatable bonds is 10. The minimum absolute atomic E-state index is 0.525. The molecule has 0 radical (unpaired) electrons. The third-order valence-electron chi connectivity index (χ3n) is 1.13. The van der Waals surface area contributed by atoms with Crippen molar-refractivity contribution in [3.63, 3.8) is 0 Å². The van der Waals surface area contributed by atoms with Crippen molar-refractivity contribution in [2.24, 2.45) is 22.9 Å². The van der Waals surface area contributed by atoms with E-state index in [0.29, 0.717) is 0 Å². The zero-order valence-electron chi connectivity index (χ0n) is 8.89. The van der Waals surface area contributed by atoms with Gasteiger partial charge in [-0.05, 0) is 0 Å². The van der Waals surface area contributed by atoms with Crippen LogP contribution in [0.25, 0.3) is 0 Å². The number of hydrogen-bond acceptors (Lipinski definition) is 11. The van der Waals surface area contributed by atoms with Crippen molar-refractivity contribution in [1.29, 1.82) is 0 Å². The van der Waals surface area contributed by atoms with Gasteiger partial charge in [-0.15, -0.1) is 0 Å². The zero-order valence-corrected chi connectivity index (χ0v) is 10.7. The molecule has 0 aromatic rings. The molecule has 0 aliphatic carbocycles. The van der Waals surface area contributed by atoms with Crippen molar-refractivity contribution in [2.75, 3.05) is 26.9 Å². The van der Waals surface area contributed by atoms with E-state index in [1.54, 1.807) is 0 Å². The average molecular weight is 294 g/mol. The van der Waals surface area contributed by atoms with Crippen LogP contribution in [-0.2, 0) is 31.5 Å². The molecule has 0 fully saturated rings. The van der Waals surface area contributed by atoms with Crippen LogP contribution in [0, 0.1) is 0 Å². The maximum atomic E-state index is 11.7.